The summed E-state index contributed by atoms with van der Waals surface area (Å²) in [5, 5.41) is 0. The van der Waals surface area contributed by atoms with Gasteiger partial charge in [-0.15, -0.1) is 0 Å². The molecule has 4 nitrogen and oxygen atoms in total. The fourth-order valence-corrected chi connectivity index (χ4v) is 1.16. The van der Waals surface area contributed by atoms with Gasteiger partial charge in [0, 0.05) is 18.2 Å². The third-order valence-corrected chi connectivity index (χ3v) is 1.91. The molecule has 16 heavy (non-hydrogen) atoms. The van der Waals surface area contributed by atoms with Crippen molar-refractivity contribution >= 4 is 11.7 Å². The monoisotopic (exact) mass is 227 g/mol. The van der Waals surface area contributed by atoms with Crippen LogP contribution >= 0.6 is 0 Å². The fourth-order valence-electron chi connectivity index (χ4n) is 1.16. The minimum Gasteiger partial charge on any atom is -0.497 e. The number of nitrogen functional groups attached to an aromatic ring is 1. The fraction of sp³-hybridized carbons (Fsp3) is 0.364. The van der Waals surface area contributed by atoms with Gasteiger partial charge in [-0.3, -0.25) is 4.39 Å². The van der Waals surface area contributed by atoms with Crippen molar-refractivity contribution in [1.82, 2.24) is 0 Å². The molecule has 0 aliphatic rings. The third kappa shape index (κ3) is 3.42. The first kappa shape index (κ1) is 12.3. The van der Waals surface area contributed by atoms with Crippen molar-refractivity contribution in [2.24, 2.45) is 0 Å². The average molecular weight is 227 g/mol. The van der Waals surface area contributed by atoms with Crippen molar-refractivity contribution in [3.63, 3.8) is 0 Å². The first-order chi connectivity index (χ1) is 7.67. The summed E-state index contributed by atoms with van der Waals surface area (Å²) in [7, 11) is 1.48. The first-order valence-electron chi connectivity index (χ1n) is 4.85. The number of halogens is 1. The molecule has 5 heteroatoms. The van der Waals surface area contributed by atoms with Crippen molar-refractivity contribution in [3.05, 3.63) is 23.8 Å². The minimum atomic E-state index is -0.529. The van der Waals surface area contributed by atoms with E-state index in [2.05, 4.69) is 0 Å². The predicted molar refractivity (Wildman–Crippen MR) is 58.3 cm³/mol. The molecule has 88 valence electrons. The molecule has 0 fully saturated rings. The third-order valence-electron chi connectivity index (χ3n) is 1.91. The van der Waals surface area contributed by atoms with E-state index in [1.54, 1.807) is 6.07 Å². The Hall–Kier alpha value is -1.78. The number of anilines is 1. The summed E-state index contributed by atoms with van der Waals surface area (Å²) in [6.45, 7) is -0.444. The van der Waals surface area contributed by atoms with E-state index in [-0.39, 0.29) is 13.0 Å². The van der Waals surface area contributed by atoms with Crippen LogP contribution in [0.4, 0.5) is 10.1 Å². The van der Waals surface area contributed by atoms with Gasteiger partial charge in [-0.25, -0.2) is 4.79 Å². The Morgan fingerprint density at radius 2 is 2.19 bits per heavy atom. The van der Waals surface area contributed by atoms with Gasteiger partial charge >= 0.3 is 5.97 Å². The normalized spacial score (nSPS) is 9.88. The van der Waals surface area contributed by atoms with E-state index in [4.69, 9.17) is 15.2 Å². The van der Waals surface area contributed by atoms with Gasteiger partial charge in [0.05, 0.1) is 26.0 Å². The molecule has 1 aromatic rings. The molecule has 0 unspecified atom stereocenters. The van der Waals surface area contributed by atoms with E-state index in [9.17, 15) is 9.18 Å². The van der Waals surface area contributed by atoms with E-state index in [1.807, 2.05) is 0 Å². The van der Waals surface area contributed by atoms with Gasteiger partial charge in [-0.05, 0) is 12.1 Å². The second-order valence-corrected chi connectivity index (χ2v) is 3.17. The molecule has 1 aromatic carbocycles. The number of esters is 1. The summed E-state index contributed by atoms with van der Waals surface area (Å²) in [6, 6.07) is 4.60. The molecule has 0 spiro atoms. The number of nitrogens with two attached hydrogens (primary N) is 1. The summed E-state index contributed by atoms with van der Waals surface area (Å²) in [4.78, 5) is 11.5. The molecule has 0 saturated heterocycles. The zero-order valence-corrected chi connectivity index (χ0v) is 9.03. The highest BCUT2D eigenvalue weighted by molar-refractivity contribution is 5.91. The SMILES string of the molecule is COc1cc(N)cc(C(=O)OCCCF)c1. The lowest BCUT2D eigenvalue weighted by Gasteiger charge is -2.06. The molecule has 0 atom stereocenters. The Balaban J connectivity index is 2.71. The van der Waals surface area contributed by atoms with Crippen LogP contribution in [0.3, 0.4) is 0 Å². The topological polar surface area (TPSA) is 61.5 Å². The van der Waals surface area contributed by atoms with Gasteiger partial charge in [0.15, 0.2) is 0 Å². The van der Waals surface area contributed by atoms with Crippen LogP contribution in [-0.4, -0.2) is 26.4 Å². The van der Waals surface area contributed by atoms with Gasteiger partial charge in [0.1, 0.15) is 5.75 Å². The van der Waals surface area contributed by atoms with Gasteiger partial charge in [-0.2, -0.15) is 0 Å². The summed E-state index contributed by atoms with van der Waals surface area (Å²) >= 11 is 0. The molecule has 0 bridgehead atoms. The molecule has 0 amide bonds. The highest BCUT2D eigenvalue weighted by Gasteiger charge is 2.09. The Labute approximate surface area is 93.2 Å². The lowest BCUT2D eigenvalue weighted by molar-refractivity contribution is 0.0494. The smallest absolute Gasteiger partial charge is 0.338 e. The van der Waals surface area contributed by atoms with E-state index in [0.717, 1.165) is 0 Å². The van der Waals surface area contributed by atoms with Crippen LogP contribution in [-0.2, 0) is 4.74 Å². The number of methoxy groups -OCH3 is 1. The number of carbonyl (C=O) groups excluding carboxylic acids is 1. The average Bonchev–Trinajstić information content (AvgIpc) is 2.28. The Kier molecular flexibility index (Phi) is 4.57. The molecular weight excluding hydrogens is 213 g/mol. The maximum absolute atomic E-state index is 11.8. The van der Waals surface area contributed by atoms with Crippen LogP contribution in [0, 0.1) is 0 Å². The van der Waals surface area contributed by atoms with Gasteiger partial charge in [0.2, 0.25) is 0 Å². The molecule has 2 N–H and O–H groups in total. The zero-order chi connectivity index (χ0) is 12.0. The van der Waals surface area contributed by atoms with E-state index in [0.29, 0.717) is 17.0 Å². The van der Waals surface area contributed by atoms with Crippen molar-refractivity contribution in [2.75, 3.05) is 26.1 Å². The molecule has 0 aromatic heterocycles. The van der Waals surface area contributed by atoms with Crippen molar-refractivity contribution < 1.29 is 18.7 Å². The minimum absolute atomic E-state index is 0.0620. The number of benzene rings is 1. The number of hydrogen-bond acceptors (Lipinski definition) is 4. The molecular formula is C11H14FNO3. The Bertz CT molecular complexity index is 368. The van der Waals surface area contributed by atoms with Crippen molar-refractivity contribution in [1.29, 1.82) is 0 Å². The summed E-state index contributed by atoms with van der Waals surface area (Å²) in [5.41, 5.74) is 6.30. The molecule has 0 aliphatic heterocycles. The van der Waals surface area contributed by atoms with Crippen molar-refractivity contribution in [3.8, 4) is 5.75 Å². The number of rotatable bonds is 5. The van der Waals surface area contributed by atoms with Crippen LogP contribution in [0.2, 0.25) is 0 Å². The highest BCUT2D eigenvalue weighted by atomic mass is 19.1. The van der Waals surface area contributed by atoms with E-state index >= 15 is 0 Å². The lowest BCUT2D eigenvalue weighted by atomic mass is 10.2. The lowest BCUT2D eigenvalue weighted by Crippen LogP contribution is -2.07. The van der Waals surface area contributed by atoms with E-state index in [1.165, 1.54) is 19.2 Å². The molecule has 0 saturated carbocycles. The maximum atomic E-state index is 11.8. The molecule has 0 aliphatic carbocycles. The molecule has 1 rings (SSSR count). The summed E-state index contributed by atoms with van der Waals surface area (Å²) in [6.07, 6.45) is 0.200. The highest BCUT2D eigenvalue weighted by Crippen LogP contribution is 2.19. The van der Waals surface area contributed by atoms with Crippen LogP contribution < -0.4 is 10.5 Å². The number of hydrogen-bond donors (Lipinski definition) is 1. The van der Waals surface area contributed by atoms with Gasteiger partial charge in [0.25, 0.3) is 0 Å². The summed E-state index contributed by atoms with van der Waals surface area (Å²) in [5.74, 6) is -0.0449. The second-order valence-electron chi connectivity index (χ2n) is 3.17. The van der Waals surface area contributed by atoms with Crippen LogP contribution in [0.5, 0.6) is 5.75 Å². The number of alkyl halides is 1. The van der Waals surface area contributed by atoms with Crippen LogP contribution in [0.15, 0.2) is 18.2 Å². The molecule has 0 radical (unpaired) electrons. The van der Waals surface area contributed by atoms with Gasteiger partial charge in [-0.1, -0.05) is 0 Å². The predicted octanol–water partition coefficient (Wildman–Crippen LogP) is 1.79. The first-order valence-corrected chi connectivity index (χ1v) is 4.85. The quantitative estimate of drug-likeness (QED) is 0.473. The van der Waals surface area contributed by atoms with E-state index < -0.39 is 12.6 Å². The molecule has 0 heterocycles. The largest absolute Gasteiger partial charge is 0.497 e. The Morgan fingerprint density at radius 3 is 2.81 bits per heavy atom. The van der Waals surface area contributed by atoms with Crippen LogP contribution in [0.25, 0.3) is 0 Å². The maximum Gasteiger partial charge on any atom is 0.338 e. The van der Waals surface area contributed by atoms with Crippen molar-refractivity contribution in [2.45, 2.75) is 6.42 Å². The summed E-state index contributed by atoms with van der Waals surface area (Å²) < 4.78 is 21.6. The Morgan fingerprint density at radius 1 is 1.44 bits per heavy atom. The zero-order valence-electron chi connectivity index (χ0n) is 9.03. The standard InChI is InChI=1S/C11H14FNO3/c1-15-10-6-8(5-9(13)7-10)11(14)16-4-2-3-12/h5-7H,2-4,13H2,1H3. The number of carbonyl (C=O) groups is 1. The van der Waals surface area contributed by atoms with Gasteiger partial charge < -0.3 is 15.2 Å². The number of ether oxygens (including phenoxy) is 2. The van der Waals surface area contributed by atoms with Crippen LogP contribution in [0.1, 0.15) is 16.8 Å². The second kappa shape index (κ2) is 5.95.